The van der Waals surface area contributed by atoms with Crippen molar-refractivity contribution in [3.05, 3.63) is 48.9 Å². The van der Waals surface area contributed by atoms with Gasteiger partial charge in [-0.05, 0) is 62.8 Å². The summed E-state index contributed by atoms with van der Waals surface area (Å²) in [5.41, 5.74) is 0.956. The molecule has 0 amide bonds. The Hall–Kier alpha value is -2.60. The first-order chi connectivity index (χ1) is 14.8. The summed E-state index contributed by atoms with van der Waals surface area (Å²) in [5.74, 6) is 1.70. The van der Waals surface area contributed by atoms with Gasteiger partial charge in [0.05, 0.1) is 23.1 Å². The molecule has 0 aromatic carbocycles. The van der Waals surface area contributed by atoms with Gasteiger partial charge in [0.25, 0.3) is 0 Å². The van der Waals surface area contributed by atoms with E-state index in [-0.39, 0.29) is 6.10 Å². The highest BCUT2D eigenvalue weighted by Gasteiger charge is 2.34. The van der Waals surface area contributed by atoms with E-state index in [0.717, 1.165) is 74.2 Å². The summed E-state index contributed by atoms with van der Waals surface area (Å²) in [6.45, 7) is 1.81. The second-order valence-corrected chi connectivity index (χ2v) is 8.90. The van der Waals surface area contributed by atoms with Crippen molar-refractivity contribution in [3.8, 4) is 5.88 Å². The van der Waals surface area contributed by atoms with Crippen LogP contribution >= 0.6 is 0 Å². The van der Waals surface area contributed by atoms with Crippen molar-refractivity contribution in [1.82, 2.24) is 14.5 Å². The van der Waals surface area contributed by atoms with E-state index < -0.39 is 0 Å². The molecule has 30 heavy (non-hydrogen) atoms. The molecule has 0 N–H and O–H groups in total. The second-order valence-electron chi connectivity index (χ2n) is 8.90. The predicted molar refractivity (Wildman–Crippen MR) is 116 cm³/mol. The van der Waals surface area contributed by atoms with Crippen LogP contribution in [0, 0.1) is 0 Å². The van der Waals surface area contributed by atoms with Crippen molar-refractivity contribution in [1.29, 1.82) is 0 Å². The van der Waals surface area contributed by atoms with Crippen LogP contribution in [0.3, 0.4) is 0 Å². The van der Waals surface area contributed by atoms with E-state index in [1.54, 1.807) is 0 Å². The van der Waals surface area contributed by atoms with Crippen molar-refractivity contribution in [2.45, 2.75) is 62.9 Å². The third-order valence-electron chi connectivity index (χ3n) is 6.89. The van der Waals surface area contributed by atoms with Crippen LogP contribution < -0.4 is 9.64 Å². The molecule has 3 aliphatic rings. The summed E-state index contributed by atoms with van der Waals surface area (Å²) in [7, 11) is 0. The fraction of sp³-hybridized carbons (Fsp3) is 0.500. The highest BCUT2D eigenvalue weighted by Crippen LogP contribution is 2.35. The standard InChI is InChI=1S/C24H28N4O2/c1-2-13-27(12-1)17-5-7-18(8-6-17)30-24-21-4-3-11-25-22(21)14-23(26-24)28-15-19-9-10-20(16-28)29-19/h1-4,11-14,17-20H,5-10,15-16H2. The second kappa shape index (κ2) is 7.58. The molecule has 2 saturated heterocycles. The van der Waals surface area contributed by atoms with Crippen LogP contribution in [0.5, 0.6) is 5.88 Å². The monoisotopic (exact) mass is 404 g/mol. The van der Waals surface area contributed by atoms with E-state index in [2.05, 4.69) is 51.1 Å². The molecule has 3 aromatic heterocycles. The molecule has 6 nitrogen and oxygen atoms in total. The summed E-state index contributed by atoms with van der Waals surface area (Å²) < 4.78 is 14.9. The van der Waals surface area contributed by atoms with Crippen LogP contribution in [0.25, 0.3) is 10.9 Å². The van der Waals surface area contributed by atoms with Crippen molar-refractivity contribution < 1.29 is 9.47 Å². The Labute approximate surface area is 176 Å². The number of aromatic nitrogens is 3. The Morgan fingerprint density at radius 3 is 2.47 bits per heavy atom. The summed E-state index contributed by atoms with van der Waals surface area (Å²) in [6, 6.07) is 10.9. The normalized spacial score (nSPS) is 28.7. The van der Waals surface area contributed by atoms with Gasteiger partial charge in [-0.3, -0.25) is 4.98 Å². The van der Waals surface area contributed by atoms with Gasteiger partial charge in [-0.1, -0.05) is 0 Å². The molecule has 1 saturated carbocycles. The Balaban J connectivity index is 1.24. The maximum atomic E-state index is 6.52. The molecular formula is C24H28N4O2. The van der Waals surface area contributed by atoms with Crippen molar-refractivity contribution in [3.63, 3.8) is 0 Å². The maximum absolute atomic E-state index is 6.52. The van der Waals surface area contributed by atoms with E-state index in [0.29, 0.717) is 18.2 Å². The van der Waals surface area contributed by atoms with Crippen LogP contribution in [0.1, 0.15) is 44.6 Å². The van der Waals surface area contributed by atoms with E-state index in [1.807, 2.05) is 12.3 Å². The average molecular weight is 405 g/mol. The zero-order valence-electron chi connectivity index (χ0n) is 17.2. The Morgan fingerprint density at radius 1 is 0.933 bits per heavy atom. The number of hydrogen-bond acceptors (Lipinski definition) is 5. The van der Waals surface area contributed by atoms with Crippen LogP contribution in [0.15, 0.2) is 48.9 Å². The molecule has 2 atom stereocenters. The molecule has 6 rings (SSSR count). The van der Waals surface area contributed by atoms with Crippen LogP contribution in [-0.4, -0.2) is 45.9 Å². The third-order valence-corrected chi connectivity index (χ3v) is 6.89. The van der Waals surface area contributed by atoms with E-state index in [4.69, 9.17) is 14.5 Å². The number of rotatable bonds is 4. The van der Waals surface area contributed by atoms with Crippen LogP contribution in [0.4, 0.5) is 5.82 Å². The smallest absolute Gasteiger partial charge is 0.225 e. The Morgan fingerprint density at radius 2 is 1.70 bits per heavy atom. The first-order valence-electron chi connectivity index (χ1n) is 11.3. The molecule has 0 spiro atoms. The number of fused-ring (bicyclic) bond motifs is 3. The molecule has 1 aliphatic carbocycles. The van der Waals surface area contributed by atoms with E-state index in [9.17, 15) is 0 Å². The van der Waals surface area contributed by atoms with Crippen LogP contribution in [-0.2, 0) is 4.74 Å². The highest BCUT2D eigenvalue weighted by molar-refractivity contribution is 5.85. The fourth-order valence-electron chi connectivity index (χ4n) is 5.30. The van der Waals surface area contributed by atoms with Crippen LogP contribution in [0.2, 0.25) is 0 Å². The molecular weight excluding hydrogens is 376 g/mol. The zero-order chi connectivity index (χ0) is 19.9. The van der Waals surface area contributed by atoms with Crippen molar-refractivity contribution >= 4 is 16.7 Å². The lowest BCUT2D eigenvalue weighted by Crippen LogP contribution is -2.43. The molecule has 2 bridgehead atoms. The van der Waals surface area contributed by atoms with Gasteiger partial charge < -0.3 is 18.9 Å². The number of ether oxygens (including phenoxy) is 2. The lowest BCUT2D eigenvalue weighted by atomic mass is 9.93. The molecule has 2 unspecified atom stereocenters. The number of hydrogen-bond donors (Lipinski definition) is 0. The predicted octanol–water partition coefficient (Wildman–Crippen LogP) is 4.36. The number of anilines is 1. The molecule has 3 aromatic rings. The van der Waals surface area contributed by atoms with Gasteiger partial charge in [0, 0.05) is 43.8 Å². The molecule has 0 radical (unpaired) electrons. The summed E-state index contributed by atoms with van der Waals surface area (Å²) in [4.78, 5) is 12.0. The highest BCUT2D eigenvalue weighted by atomic mass is 16.5. The maximum Gasteiger partial charge on any atom is 0.225 e. The lowest BCUT2D eigenvalue weighted by molar-refractivity contribution is 0.0301. The third kappa shape index (κ3) is 3.43. The summed E-state index contributed by atoms with van der Waals surface area (Å²) in [6.07, 6.45) is 13.8. The number of pyridine rings is 2. The van der Waals surface area contributed by atoms with Gasteiger partial charge in [0.2, 0.25) is 5.88 Å². The molecule has 6 heteroatoms. The summed E-state index contributed by atoms with van der Waals surface area (Å²) >= 11 is 0. The lowest BCUT2D eigenvalue weighted by Gasteiger charge is -2.33. The Kier molecular flexibility index (Phi) is 4.60. The SMILES string of the molecule is c1cnc2cc(N3CC4CCC(C3)O4)nc(OC3CCC(n4cccc4)CC3)c2c1. The fourth-order valence-corrected chi connectivity index (χ4v) is 5.30. The minimum atomic E-state index is 0.212. The molecule has 156 valence electrons. The minimum absolute atomic E-state index is 0.212. The Bertz CT molecular complexity index is 1000. The van der Waals surface area contributed by atoms with E-state index in [1.165, 1.54) is 0 Å². The zero-order valence-corrected chi connectivity index (χ0v) is 17.2. The average Bonchev–Trinajstić information content (AvgIpc) is 3.44. The minimum Gasteiger partial charge on any atom is -0.474 e. The van der Waals surface area contributed by atoms with E-state index >= 15 is 0 Å². The van der Waals surface area contributed by atoms with Gasteiger partial charge in [-0.25, -0.2) is 0 Å². The topological polar surface area (TPSA) is 52.4 Å². The van der Waals surface area contributed by atoms with Gasteiger partial charge >= 0.3 is 0 Å². The van der Waals surface area contributed by atoms with Gasteiger partial charge in [0.15, 0.2) is 0 Å². The molecule has 5 heterocycles. The molecule has 2 aliphatic heterocycles. The largest absolute Gasteiger partial charge is 0.474 e. The van der Waals surface area contributed by atoms with Gasteiger partial charge in [0.1, 0.15) is 11.9 Å². The van der Waals surface area contributed by atoms with Crippen molar-refractivity contribution in [2.24, 2.45) is 0 Å². The first kappa shape index (κ1) is 18.2. The summed E-state index contributed by atoms with van der Waals surface area (Å²) in [5, 5.41) is 1.00. The number of nitrogens with zero attached hydrogens (tertiary/aromatic N) is 4. The number of morpholine rings is 1. The molecule has 3 fully saturated rings. The quantitative estimate of drug-likeness (QED) is 0.647. The first-order valence-corrected chi connectivity index (χ1v) is 11.3. The van der Waals surface area contributed by atoms with Crippen molar-refractivity contribution in [2.75, 3.05) is 18.0 Å². The van der Waals surface area contributed by atoms with Gasteiger partial charge in [-0.2, -0.15) is 4.98 Å². The van der Waals surface area contributed by atoms with Gasteiger partial charge in [-0.15, -0.1) is 0 Å².